The van der Waals surface area contributed by atoms with Crippen LogP contribution in [0.4, 0.5) is 0 Å². The average molecular weight is 350 g/mol. The summed E-state index contributed by atoms with van der Waals surface area (Å²) in [6.07, 6.45) is 0.00335. The zero-order chi connectivity index (χ0) is 18.4. The molecule has 1 aliphatic rings. The average Bonchev–Trinajstić information content (AvgIpc) is 2.99. The van der Waals surface area contributed by atoms with Crippen molar-refractivity contribution in [2.24, 2.45) is 0 Å². The zero-order valence-electron chi connectivity index (χ0n) is 14.5. The maximum Gasteiger partial charge on any atom is 0.200 e. The largest absolute Gasteiger partial charge is 0.495 e. The van der Waals surface area contributed by atoms with Crippen LogP contribution >= 0.6 is 0 Å². The fourth-order valence-electron chi connectivity index (χ4n) is 3.21. The van der Waals surface area contributed by atoms with E-state index in [0.29, 0.717) is 23.5 Å². The number of benzene rings is 1. The molecule has 25 heavy (non-hydrogen) atoms. The van der Waals surface area contributed by atoms with Crippen molar-refractivity contribution in [2.45, 2.75) is 45.0 Å². The molecule has 1 atom stereocenters. The molecule has 0 aliphatic carbocycles. The van der Waals surface area contributed by atoms with Crippen molar-refractivity contribution in [2.75, 3.05) is 13.7 Å². The van der Waals surface area contributed by atoms with Crippen LogP contribution in [0.15, 0.2) is 15.3 Å². The molecule has 0 saturated carbocycles. The lowest BCUT2D eigenvalue weighted by Gasteiger charge is -2.24. The monoisotopic (exact) mass is 350 g/mol. The fourth-order valence-corrected chi connectivity index (χ4v) is 3.21. The number of aliphatic hydroxyl groups is 3. The van der Waals surface area contributed by atoms with Gasteiger partial charge in [-0.2, -0.15) is 0 Å². The van der Waals surface area contributed by atoms with Gasteiger partial charge in [0.2, 0.25) is 0 Å². The van der Waals surface area contributed by atoms with Crippen molar-refractivity contribution in [1.29, 1.82) is 0 Å². The van der Waals surface area contributed by atoms with Gasteiger partial charge in [0, 0.05) is 36.6 Å². The predicted octanol–water partition coefficient (Wildman–Crippen LogP) is 0.903. The number of hydrogen-bond donors (Lipinski definition) is 3. The van der Waals surface area contributed by atoms with Gasteiger partial charge in [-0.3, -0.25) is 4.79 Å². The van der Waals surface area contributed by atoms with Crippen LogP contribution in [0, 0.1) is 0 Å². The molecule has 1 aromatic carbocycles. The van der Waals surface area contributed by atoms with Crippen molar-refractivity contribution < 1.29 is 29.2 Å². The van der Waals surface area contributed by atoms with E-state index in [1.54, 1.807) is 19.9 Å². The van der Waals surface area contributed by atoms with E-state index >= 15 is 0 Å². The second-order valence-corrected chi connectivity index (χ2v) is 6.69. The molecule has 0 saturated heterocycles. The van der Waals surface area contributed by atoms with Gasteiger partial charge in [0.15, 0.2) is 5.43 Å². The first kappa shape index (κ1) is 17.7. The Kier molecular flexibility index (Phi) is 4.49. The Labute approximate surface area is 144 Å². The molecule has 0 amide bonds. The number of methoxy groups -OCH3 is 1. The van der Waals surface area contributed by atoms with Gasteiger partial charge in [-0.05, 0) is 13.8 Å². The molecule has 0 unspecified atom stereocenters. The van der Waals surface area contributed by atoms with Crippen LogP contribution in [0.1, 0.15) is 30.7 Å². The Bertz CT molecular complexity index is 861. The van der Waals surface area contributed by atoms with Crippen LogP contribution in [-0.4, -0.2) is 40.7 Å². The minimum absolute atomic E-state index is 0.0806. The summed E-state index contributed by atoms with van der Waals surface area (Å²) in [6, 6.07) is 1.59. The summed E-state index contributed by atoms with van der Waals surface area (Å²) in [5.41, 5.74) is -0.241. The van der Waals surface area contributed by atoms with Gasteiger partial charge in [0.25, 0.3) is 0 Å². The fraction of sp³-hybridized carbons (Fsp3) is 0.500. The third-order valence-corrected chi connectivity index (χ3v) is 4.53. The van der Waals surface area contributed by atoms with Gasteiger partial charge in [-0.25, -0.2) is 0 Å². The van der Waals surface area contributed by atoms with Crippen LogP contribution in [0.3, 0.4) is 0 Å². The summed E-state index contributed by atoms with van der Waals surface area (Å²) in [7, 11) is 1.46. The van der Waals surface area contributed by atoms with Gasteiger partial charge >= 0.3 is 0 Å². The highest BCUT2D eigenvalue weighted by molar-refractivity contribution is 5.88. The molecule has 3 N–H and O–H groups in total. The number of aliphatic hydroxyl groups excluding tert-OH is 2. The summed E-state index contributed by atoms with van der Waals surface area (Å²) in [5.74, 6) is 0.945. The van der Waals surface area contributed by atoms with E-state index in [2.05, 4.69) is 0 Å². The second kappa shape index (κ2) is 6.33. The number of rotatable bonds is 5. The van der Waals surface area contributed by atoms with Crippen molar-refractivity contribution in [3.8, 4) is 11.5 Å². The standard InChI is InChI=1S/C18H22O7/c1-18(2,22)14-6-10-11(25-14)7-12-15(17(10)23-3)16(21)9(4-5-19)13(8-20)24-12/h7,14,19-20,22H,4-6,8H2,1-3H3/t14-/m1/s1. The molecule has 1 aliphatic heterocycles. The molecule has 2 heterocycles. The van der Waals surface area contributed by atoms with Gasteiger partial charge in [0.1, 0.15) is 40.9 Å². The summed E-state index contributed by atoms with van der Waals surface area (Å²) in [5, 5.41) is 29.2. The Morgan fingerprint density at radius 3 is 2.64 bits per heavy atom. The van der Waals surface area contributed by atoms with E-state index < -0.39 is 18.3 Å². The van der Waals surface area contributed by atoms with Gasteiger partial charge in [-0.1, -0.05) is 0 Å². The highest BCUT2D eigenvalue weighted by Gasteiger charge is 2.38. The molecule has 0 spiro atoms. The Balaban J connectivity index is 2.28. The van der Waals surface area contributed by atoms with E-state index in [1.165, 1.54) is 7.11 Å². The molecule has 0 bridgehead atoms. The molecule has 1 aromatic heterocycles. The van der Waals surface area contributed by atoms with Crippen molar-refractivity contribution >= 4 is 11.0 Å². The minimum Gasteiger partial charge on any atom is -0.495 e. The van der Waals surface area contributed by atoms with Crippen LogP contribution in [0.2, 0.25) is 0 Å². The molecular formula is C18H22O7. The third-order valence-electron chi connectivity index (χ3n) is 4.53. The second-order valence-electron chi connectivity index (χ2n) is 6.69. The molecule has 136 valence electrons. The first-order chi connectivity index (χ1) is 11.8. The summed E-state index contributed by atoms with van der Waals surface area (Å²) < 4.78 is 17.0. The molecule has 7 heteroatoms. The Morgan fingerprint density at radius 2 is 2.08 bits per heavy atom. The normalized spacial score (nSPS) is 16.8. The molecule has 0 radical (unpaired) electrons. The predicted molar refractivity (Wildman–Crippen MR) is 90.2 cm³/mol. The number of hydrogen-bond acceptors (Lipinski definition) is 7. The first-order valence-corrected chi connectivity index (χ1v) is 8.11. The number of fused-ring (bicyclic) bond motifs is 2. The maximum atomic E-state index is 12.9. The van der Waals surface area contributed by atoms with Gasteiger partial charge in [-0.15, -0.1) is 0 Å². The summed E-state index contributed by atoms with van der Waals surface area (Å²) in [6.45, 7) is 2.62. The third kappa shape index (κ3) is 2.88. The smallest absolute Gasteiger partial charge is 0.200 e. The van der Waals surface area contributed by atoms with Gasteiger partial charge in [0.05, 0.1) is 12.7 Å². The Hall–Kier alpha value is -2.09. The van der Waals surface area contributed by atoms with Crippen LogP contribution < -0.4 is 14.9 Å². The van der Waals surface area contributed by atoms with Crippen LogP contribution in [0.5, 0.6) is 11.5 Å². The zero-order valence-corrected chi connectivity index (χ0v) is 14.5. The van der Waals surface area contributed by atoms with E-state index in [1.807, 2.05) is 0 Å². The van der Waals surface area contributed by atoms with Crippen molar-refractivity contribution in [1.82, 2.24) is 0 Å². The highest BCUT2D eigenvalue weighted by atomic mass is 16.5. The van der Waals surface area contributed by atoms with E-state index in [0.717, 1.165) is 0 Å². The lowest BCUT2D eigenvalue weighted by molar-refractivity contribution is -0.0229. The van der Waals surface area contributed by atoms with E-state index in [9.17, 15) is 20.1 Å². The molecule has 7 nitrogen and oxygen atoms in total. The molecular weight excluding hydrogens is 328 g/mol. The lowest BCUT2D eigenvalue weighted by Crippen LogP contribution is -2.39. The SMILES string of the molecule is COc1c2c(cc3oc(CO)c(CCO)c(=O)c13)O[C@@H](C(C)(C)O)C2. The number of ether oxygens (including phenoxy) is 2. The van der Waals surface area contributed by atoms with Crippen molar-refractivity contribution in [3.63, 3.8) is 0 Å². The van der Waals surface area contributed by atoms with E-state index in [4.69, 9.17) is 13.9 Å². The minimum atomic E-state index is -1.06. The van der Waals surface area contributed by atoms with E-state index in [-0.39, 0.29) is 40.7 Å². The van der Waals surface area contributed by atoms with Crippen molar-refractivity contribution in [3.05, 3.63) is 33.2 Å². The molecule has 0 fully saturated rings. The van der Waals surface area contributed by atoms with Gasteiger partial charge < -0.3 is 29.2 Å². The highest BCUT2D eigenvalue weighted by Crippen LogP contribution is 2.43. The summed E-state index contributed by atoms with van der Waals surface area (Å²) in [4.78, 5) is 12.9. The lowest BCUT2D eigenvalue weighted by atomic mass is 9.95. The maximum absolute atomic E-state index is 12.9. The summed E-state index contributed by atoms with van der Waals surface area (Å²) >= 11 is 0. The first-order valence-electron chi connectivity index (χ1n) is 8.11. The Morgan fingerprint density at radius 1 is 1.36 bits per heavy atom. The molecule has 2 aromatic rings. The topological polar surface area (TPSA) is 109 Å². The van der Waals surface area contributed by atoms with Crippen LogP contribution in [0.25, 0.3) is 11.0 Å². The molecule has 3 rings (SSSR count). The quantitative estimate of drug-likeness (QED) is 0.735. The van der Waals surface area contributed by atoms with Crippen LogP contribution in [-0.2, 0) is 19.4 Å².